The average molecular weight is 244 g/mol. The minimum atomic E-state index is -3.06. The average Bonchev–Trinajstić information content (AvgIpc) is 2.25. The van der Waals surface area contributed by atoms with Gasteiger partial charge in [-0.1, -0.05) is 13.8 Å². The van der Waals surface area contributed by atoms with Gasteiger partial charge < -0.3 is 9.05 Å². The highest BCUT2D eigenvalue weighted by molar-refractivity contribution is 7.60. The molecule has 0 aromatic rings. The predicted molar refractivity (Wildman–Crippen MR) is 56.3 cm³/mol. The van der Waals surface area contributed by atoms with E-state index in [2.05, 4.69) is 0 Å². The van der Waals surface area contributed by atoms with E-state index in [0.29, 0.717) is 6.16 Å². The second-order valence-corrected chi connectivity index (χ2v) is 8.04. The summed E-state index contributed by atoms with van der Waals surface area (Å²) in [6.07, 6.45) is 0.465. The second kappa shape index (κ2) is 6.04. The molecule has 0 aliphatic rings. The van der Waals surface area contributed by atoms with E-state index in [0.717, 1.165) is 0 Å². The Morgan fingerprint density at radius 2 is 1.57 bits per heavy atom. The fraction of sp³-hybridized carbons (Fsp3) is 1.00. The summed E-state index contributed by atoms with van der Waals surface area (Å²) < 4.78 is 37.9. The Kier molecular flexibility index (Phi) is 6.19. The monoisotopic (exact) mass is 244 g/mol. The fourth-order valence-electron chi connectivity index (χ4n) is 0.722. The quantitative estimate of drug-likeness (QED) is 0.644. The SMILES string of the molecule is CCP(=O)(COP(=O)(CC)OC)OC. The smallest absolute Gasteiger partial charge is 0.330 e. The van der Waals surface area contributed by atoms with E-state index in [9.17, 15) is 9.13 Å². The van der Waals surface area contributed by atoms with Gasteiger partial charge in [-0.15, -0.1) is 0 Å². The van der Waals surface area contributed by atoms with Crippen LogP contribution in [0.25, 0.3) is 0 Å². The number of hydrogen-bond acceptors (Lipinski definition) is 5. The van der Waals surface area contributed by atoms with Crippen LogP contribution in [0.1, 0.15) is 13.8 Å². The Morgan fingerprint density at radius 3 is 1.86 bits per heavy atom. The molecule has 0 aromatic heterocycles. The van der Waals surface area contributed by atoms with Gasteiger partial charge in [0.2, 0.25) is 7.37 Å². The molecule has 0 heterocycles. The molecule has 0 amide bonds. The number of rotatable bonds is 7. The molecule has 0 radical (unpaired) electrons. The lowest BCUT2D eigenvalue weighted by Gasteiger charge is -2.18. The predicted octanol–water partition coefficient (Wildman–Crippen LogP) is 2.76. The molecule has 7 heteroatoms. The van der Waals surface area contributed by atoms with Crippen molar-refractivity contribution in [2.75, 3.05) is 32.9 Å². The molecule has 2 atom stereocenters. The van der Waals surface area contributed by atoms with Gasteiger partial charge in [-0.25, -0.2) is 0 Å². The zero-order chi connectivity index (χ0) is 11.2. The highest BCUT2D eigenvalue weighted by Crippen LogP contribution is 2.54. The van der Waals surface area contributed by atoms with E-state index in [1.54, 1.807) is 13.8 Å². The molecule has 0 spiro atoms. The topological polar surface area (TPSA) is 61.8 Å². The fourth-order valence-corrected chi connectivity index (χ4v) is 3.22. The van der Waals surface area contributed by atoms with Gasteiger partial charge in [-0.2, -0.15) is 0 Å². The largest absolute Gasteiger partial charge is 0.330 e. The summed E-state index contributed by atoms with van der Waals surface area (Å²) in [5.41, 5.74) is 0. The molecule has 5 nitrogen and oxygen atoms in total. The first-order valence-electron chi connectivity index (χ1n) is 4.38. The molecule has 0 aliphatic heterocycles. The van der Waals surface area contributed by atoms with Crippen molar-refractivity contribution in [1.29, 1.82) is 0 Å². The van der Waals surface area contributed by atoms with E-state index in [4.69, 9.17) is 13.6 Å². The minimum absolute atomic E-state index is 0.154. The van der Waals surface area contributed by atoms with Crippen LogP contribution in [0.2, 0.25) is 0 Å². The van der Waals surface area contributed by atoms with Gasteiger partial charge in [0.05, 0.1) is 0 Å². The minimum Gasteiger partial charge on any atom is -0.330 e. The first kappa shape index (κ1) is 14.3. The van der Waals surface area contributed by atoms with Crippen LogP contribution in [-0.4, -0.2) is 32.9 Å². The lowest BCUT2D eigenvalue weighted by atomic mass is 11.0. The maximum atomic E-state index is 11.7. The van der Waals surface area contributed by atoms with Gasteiger partial charge in [-0.3, -0.25) is 13.7 Å². The highest BCUT2D eigenvalue weighted by atomic mass is 31.2. The van der Waals surface area contributed by atoms with Crippen molar-refractivity contribution in [2.24, 2.45) is 0 Å². The summed E-state index contributed by atoms with van der Waals surface area (Å²) in [5, 5.41) is 0. The van der Waals surface area contributed by atoms with E-state index < -0.39 is 15.0 Å². The molecule has 0 rings (SSSR count). The normalized spacial score (nSPS) is 20.0. The second-order valence-electron chi connectivity index (χ2n) is 2.68. The molecular weight excluding hydrogens is 226 g/mol. The highest BCUT2D eigenvalue weighted by Gasteiger charge is 2.27. The maximum absolute atomic E-state index is 11.7. The zero-order valence-corrected chi connectivity index (χ0v) is 10.8. The van der Waals surface area contributed by atoms with E-state index >= 15 is 0 Å². The van der Waals surface area contributed by atoms with Crippen LogP contribution in [0, 0.1) is 0 Å². The van der Waals surface area contributed by atoms with Gasteiger partial charge >= 0.3 is 7.60 Å². The van der Waals surface area contributed by atoms with Crippen LogP contribution in [0.15, 0.2) is 0 Å². The third kappa shape index (κ3) is 4.24. The molecule has 0 N–H and O–H groups in total. The van der Waals surface area contributed by atoms with Gasteiger partial charge in [0.15, 0.2) is 0 Å². The van der Waals surface area contributed by atoms with Crippen molar-refractivity contribution in [3.63, 3.8) is 0 Å². The molecule has 14 heavy (non-hydrogen) atoms. The summed E-state index contributed by atoms with van der Waals surface area (Å²) in [6.45, 7) is 3.42. The van der Waals surface area contributed by atoms with E-state index in [-0.39, 0.29) is 12.5 Å². The van der Waals surface area contributed by atoms with Crippen LogP contribution in [0.3, 0.4) is 0 Å². The molecule has 0 saturated heterocycles. The molecule has 0 bridgehead atoms. The number of hydrogen-bond donors (Lipinski definition) is 0. The summed E-state index contributed by atoms with van der Waals surface area (Å²) in [5.74, 6) is 0. The molecule has 86 valence electrons. The maximum Gasteiger partial charge on any atom is 0.330 e. The van der Waals surface area contributed by atoms with Crippen molar-refractivity contribution in [1.82, 2.24) is 0 Å². The molecule has 0 aromatic carbocycles. The Bertz CT molecular complexity index is 210. The van der Waals surface area contributed by atoms with E-state index in [1.807, 2.05) is 0 Å². The first-order valence-corrected chi connectivity index (χ1v) is 8.10. The Labute approximate surface area is 85.1 Å². The lowest BCUT2D eigenvalue weighted by Crippen LogP contribution is -2.01. The van der Waals surface area contributed by atoms with Crippen molar-refractivity contribution in [2.45, 2.75) is 13.8 Å². The van der Waals surface area contributed by atoms with Gasteiger partial charge in [0, 0.05) is 26.5 Å². The Morgan fingerprint density at radius 1 is 1.00 bits per heavy atom. The summed E-state index contributed by atoms with van der Waals surface area (Å²) >= 11 is 0. The van der Waals surface area contributed by atoms with Crippen LogP contribution in [0.5, 0.6) is 0 Å². The Hall–Kier alpha value is 0.340. The van der Waals surface area contributed by atoms with Crippen LogP contribution in [0.4, 0.5) is 0 Å². The summed E-state index contributed by atoms with van der Waals surface area (Å²) in [4.78, 5) is 0. The van der Waals surface area contributed by atoms with Gasteiger partial charge in [-0.05, 0) is 0 Å². The van der Waals surface area contributed by atoms with Crippen LogP contribution in [-0.2, 0) is 22.7 Å². The van der Waals surface area contributed by atoms with Crippen LogP contribution < -0.4 is 0 Å². The van der Waals surface area contributed by atoms with Crippen molar-refractivity contribution in [3.05, 3.63) is 0 Å². The molecule has 0 aliphatic carbocycles. The van der Waals surface area contributed by atoms with E-state index in [1.165, 1.54) is 14.2 Å². The van der Waals surface area contributed by atoms with Crippen molar-refractivity contribution in [3.8, 4) is 0 Å². The molecule has 2 unspecified atom stereocenters. The third-order valence-electron chi connectivity index (χ3n) is 1.93. The van der Waals surface area contributed by atoms with Gasteiger partial charge in [0.1, 0.15) is 6.35 Å². The molecule has 0 fully saturated rings. The third-order valence-corrected chi connectivity index (χ3v) is 6.14. The zero-order valence-electron chi connectivity index (χ0n) is 9.06. The molecular formula is C7H18O5P2. The summed E-state index contributed by atoms with van der Waals surface area (Å²) in [6, 6.07) is 0. The van der Waals surface area contributed by atoms with Crippen LogP contribution >= 0.6 is 15.0 Å². The van der Waals surface area contributed by atoms with Crippen molar-refractivity contribution >= 4 is 15.0 Å². The lowest BCUT2D eigenvalue weighted by molar-refractivity contribution is 0.252. The summed E-state index contributed by atoms with van der Waals surface area (Å²) in [7, 11) is -3.16. The van der Waals surface area contributed by atoms with Gasteiger partial charge in [0.25, 0.3) is 0 Å². The Balaban J connectivity index is 4.29. The first-order chi connectivity index (χ1) is 6.45. The molecule has 0 saturated carbocycles. The van der Waals surface area contributed by atoms with Crippen molar-refractivity contribution < 1.29 is 22.7 Å². The standard InChI is InChI=1S/C7H18O5P2/c1-5-13(8,10-3)7-12-14(9,6-2)11-4/h5-7H2,1-4H3.